The lowest BCUT2D eigenvalue weighted by molar-refractivity contribution is 0.0469. The quantitative estimate of drug-likeness (QED) is 0.501. The number of thiophene rings is 1. The Kier molecular flexibility index (Phi) is 5.04. The van der Waals surface area contributed by atoms with Crippen LogP contribution in [-0.4, -0.2) is 28.1 Å². The molecule has 0 aliphatic carbocycles. The average molecular weight is 356 g/mol. The van der Waals surface area contributed by atoms with E-state index in [4.69, 9.17) is 4.74 Å². The molecule has 0 N–H and O–H groups in total. The van der Waals surface area contributed by atoms with Crippen molar-refractivity contribution in [3.8, 4) is 0 Å². The van der Waals surface area contributed by atoms with E-state index in [0.29, 0.717) is 28.6 Å². The molecule has 6 nitrogen and oxygen atoms in total. The molecule has 3 aromatic rings. The lowest BCUT2D eigenvalue weighted by atomic mass is 10.1. The van der Waals surface area contributed by atoms with Gasteiger partial charge in [0.2, 0.25) is 5.78 Å². The van der Waals surface area contributed by atoms with E-state index in [0.717, 1.165) is 0 Å². The lowest BCUT2D eigenvalue weighted by Crippen LogP contribution is -2.27. The third-order valence-electron chi connectivity index (χ3n) is 3.63. The summed E-state index contributed by atoms with van der Waals surface area (Å²) in [7, 11) is 0. The fraction of sp³-hybridized carbons (Fsp3) is 0.222. The highest BCUT2D eigenvalue weighted by Crippen LogP contribution is 2.15. The van der Waals surface area contributed by atoms with E-state index in [2.05, 4.69) is 5.10 Å². The number of benzene rings is 1. The molecule has 0 bridgehead atoms. The van der Waals surface area contributed by atoms with Crippen LogP contribution in [0, 0.1) is 0 Å². The molecule has 0 aliphatic heterocycles. The molecule has 1 aromatic carbocycles. The molecular formula is C18H16N2O4S. The fourth-order valence-corrected chi connectivity index (χ4v) is 3.11. The number of hydrogen-bond donors (Lipinski definition) is 0. The van der Waals surface area contributed by atoms with Gasteiger partial charge in [-0.15, -0.1) is 11.3 Å². The molecular weight excluding hydrogens is 340 g/mol. The van der Waals surface area contributed by atoms with Crippen LogP contribution in [0.1, 0.15) is 33.5 Å². The second-order valence-electron chi connectivity index (χ2n) is 5.40. The number of Topliss-reactive ketones (excluding diaryl/α,β-unsaturated/α-hetero) is 1. The molecule has 0 fully saturated rings. The number of aryl methyl sites for hydroxylation is 1. The maximum absolute atomic E-state index is 12.5. The summed E-state index contributed by atoms with van der Waals surface area (Å²) in [5.74, 6) is -0.986. The molecule has 0 amide bonds. The van der Waals surface area contributed by atoms with E-state index in [1.807, 2.05) is 6.92 Å². The SMILES string of the molecule is CCCn1nc(C(=O)OCC(=O)c2cccs2)c2ccccc2c1=O. The van der Waals surface area contributed by atoms with Gasteiger partial charge in [-0.2, -0.15) is 5.10 Å². The van der Waals surface area contributed by atoms with E-state index in [1.54, 1.807) is 41.8 Å². The number of aromatic nitrogens is 2. The maximum Gasteiger partial charge on any atom is 0.359 e. The van der Waals surface area contributed by atoms with E-state index < -0.39 is 5.97 Å². The maximum atomic E-state index is 12.5. The molecule has 0 unspecified atom stereocenters. The van der Waals surface area contributed by atoms with Crippen LogP contribution in [-0.2, 0) is 11.3 Å². The summed E-state index contributed by atoms with van der Waals surface area (Å²) < 4.78 is 6.40. The van der Waals surface area contributed by atoms with Crippen molar-refractivity contribution in [2.45, 2.75) is 19.9 Å². The molecule has 0 radical (unpaired) electrons. The van der Waals surface area contributed by atoms with Crippen molar-refractivity contribution in [3.05, 3.63) is 62.7 Å². The van der Waals surface area contributed by atoms with Crippen LogP contribution in [0.25, 0.3) is 10.8 Å². The fourth-order valence-electron chi connectivity index (χ4n) is 2.46. The number of rotatable bonds is 6. The second-order valence-corrected chi connectivity index (χ2v) is 6.35. The summed E-state index contributed by atoms with van der Waals surface area (Å²) in [6.45, 7) is 1.96. The Morgan fingerprint density at radius 3 is 2.60 bits per heavy atom. The van der Waals surface area contributed by atoms with Crippen LogP contribution in [0.5, 0.6) is 0 Å². The normalized spacial score (nSPS) is 10.8. The molecule has 0 spiro atoms. The summed E-state index contributed by atoms with van der Waals surface area (Å²) in [5.41, 5.74) is -0.203. The van der Waals surface area contributed by atoms with Gasteiger partial charge < -0.3 is 4.74 Å². The summed E-state index contributed by atoms with van der Waals surface area (Å²) in [6.07, 6.45) is 0.705. The molecule has 0 saturated carbocycles. The van der Waals surface area contributed by atoms with Crippen molar-refractivity contribution in [1.29, 1.82) is 0 Å². The van der Waals surface area contributed by atoms with Crippen LogP contribution in [0.15, 0.2) is 46.6 Å². The van der Waals surface area contributed by atoms with Gasteiger partial charge in [0.25, 0.3) is 5.56 Å². The highest BCUT2D eigenvalue weighted by atomic mass is 32.1. The number of carbonyl (C=O) groups is 2. The summed E-state index contributed by atoms with van der Waals surface area (Å²) in [5, 5.41) is 6.76. The largest absolute Gasteiger partial charge is 0.452 e. The topological polar surface area (TPSA) is 78.3 Å². The second kappa shape index (κ2) is 7.40. The molecule has 0 aliphatic rings. The Hall–Kier alpha value is -2.80. The van der Waals surface area contributed by atoms with Crippen molar-refractivity contribution in [2.24, 2.45) is 0 Å². The minimum absolute atomic E-state index is 0.0441. The van der Waals surface area contributed by atoms with Crippen molar-refractivity contribution in [1.82, 2.24) is 9.78 Å². The van der Waals surface area contributed by atoms with E-state index >= 15 is 0 Å². The number of ether oxygens (including phenoxy) is 1. The summed E-state index contributed by atoms with van der Waals surface area (Å²) >= 11 is 1.29. The van der Waals surface area contributed by atoms with Gasteiger partial charge in [-0.05, 0) is 23.9 Å². The molecule has 0 saturated heterocycles. The zero-order valence-corrected chi connectivity index (χ0v) is 14.4. The Morgan fingerprint density at radius 1 is 1.16 bits per heavy atom. The smallest absolute Gasteiger partial charge is 0.359 e. The van der Waals surface area contributed by atoms with Gasteiger partial charge in [0.15, 0.2) is 12.3 Å². The monoisotopic (exact) mass is 356 g/mol. The number of esters is 1. The number of fused-ring (bicyclic) bond motifs is 1. The average Bonchev–Trinajstić information content (AvgIpc) is 3.17. The van der Waals surface area contributed by atoms with Crippen molar-refractivity contribution < 1.29 is 14.3 Å². The van der Waals surface area contributed by atoms with Crippen LogP contribution < -0.4 is 5.56 Å². The van der Waals surface area contributed by atoms with Gasteiger partial charge in [0, 0.05) is 11.9 Å². The van der Waals surface area contributed by atoms with Crippen molar-refractivity contribution in [3.63, 3.8) is 0 Å². The van der Waals surface area contributed by atoms with Gasteiger partial charge in [-0.25, -0.2) is 9.48 Å². The molecule has 25 heavy (non-hydrogen) atoms. The number of ketones is 1. The minimum atomic E-state index is -0.717. The summed E-state index contributed by atoms with van der Waals surface area (Å²) in [4.78, 5) is 37.4. The van der Waals surface area contributed by atoms with Gasteiger partial charge in [-0.1, -0.05) is 31.2 Å². The van der Waals surface area contributed by atoms with E-state index in [-0.39, 0.29) is 23.6 Å². The van der Waals surface area contributed by atoms with Crippen molar-refractivity contribution in [2.75, 3.05) is 6.61 Å². The zero-order chi connectivity index (χ0) is 17.8. The first-order valence-electron chi connectivity index (χ1n) is 7.85. The van der Waals surface area contributed by atoms with Crippen LogP contribution in [0.4, 0.5) is 0 Å². The lowest BCUT2D eigenvalue weighted by Gasteiger charge is -2.10. The van der Waals surface area contributed by atoms with Gasteiger partial charge in [-0.3, -0.25) is 9.59 Å². The van der Waals surface area contributed by atoms with Crippen LogP contribution in [0.3, 0.4) is 0 Å². The molecule has 0 atom stereocenters. The molecule has 2 aromatic heterocycles. The van der Waals surface area contributed by atoms with Gasteiger partial charge >= 0.3 is 5.97 Å². The standard InChI is InChI=1S/C18H16N2O4S/c1-2-9-20-17(22)13-7-4-3-6-12(13)16(19-20)18(23)24-11-14(21)15-8-5-10-25-15/h3-8,10H,2,9,11H2,1H3. The molecule has 3 rings (SSSR count). The highest BCUT2D eigenvalue weighted by molar-refractivity contribution is 7.12. The first kappa shape index (κ1) is 17.0. The Bertz CT molecular complexity index is 976. The number of hydrogen-bond acceptors (Lipinski definition) is 6. The van der Waals surface area contributed by atoms with Crippen molar-refractivity contribution >= 4 is 33.9 Å². The predicted molar refractivity (Wildman–Crippen MR) is 95.2 cm³/mol. The number of carbonyl (C=O) groups excluding carboxylic acids is 2. The van der Waals surface area contributed by atoms with Crippen LogP contribution >= 0.6 is 11.3 Å². The van der Waals surface area contributed by atoms with E-state index in [1.165, 1.54) is 16.0 Å². The Labute approximate surface area is 147 Å². The highest BCUT2D eigenvalue weighted by Gasteiger charge is 2.19. The van der Waals surface area contributed by atoms with Gasteiger partial charge in [0.05, 0.1) is 10.3 Å². The Morgan fingerprint density at radius 2 is 1.92 bits per heavy atom. The molecule has 7 heteroatoms. The molecule has 128 valence electrons. The van der Waals surface area contributed by atoms with Crippen LogP contribution in [0.2, 0.25) is 0 Å². The predicted octanol–water partition coefficient (Wildman–Crippen LogP) is 2.91. The molecule has 2 heterocycles. The van der Waals surface area contributed by atoms with Gasteiger partial charge in [0.1, 0.15) is 0 Å². The first-order chi connectivity index (χ1) is 12.1. The van der Waals surface area contributed by atoms with E-state index in [9.17, 15) is 14.4 Å². The third-order valence-corrected chi connectivity index (χ3v) is 4.54. The minimum Gasteiger partial charge on any atom is -0.452 e. The Balaban J connectivity index is 1.91. The summed E-state index contributed by atoms with van der Waals surface area (Å²) in [6, 6.07) is 10.2. The first-order valence-corrected chi connectivity index (χ1v) is 8.73. The number of nitrogens with zero attached hydrogens (tertiary/aromatic N) is 2. The zero-order valence-electron chi connectivity index (χ0n) is 13.6. The third kappa shape index (κ3) is 3.51.